The predicted octanol–water partition coefficient (Wildman–Crippen LogP) is 3.90. The summed E-state index contributed by atoms with van der Waals surface area (Å²) >= 11 is 0. The molecule has 0 unspecified atom stereocenters. The third-order valence-electron chi connectivity index (χ3n) is 2.38. The molecule has 0 saturated heterocycles. The lowest BCUT2D eigenvalue weighted by atomic mass is 10.1. The molecule has 0 aromatic rings. The highest BCUT2D eigenvalue weighted by atomic mass is 14.8. The fourth-order valence-corrected chi connectivity index (χ4v) is 1.51. The van der Waals surface area contributed by atoms with Crippen LogP contribution in [0.15, 0.2) is 12.2 Å². The molecule has 0 aromatic heterocycles. The Labute approximate surface area is 90.0 Å². The van der Waals surface area contributed by atoms with Gasteiger partial charge in [-0.15, -0.1) is 0 Å². The van der Waals surface area contributed by atoms with Crippen molar-refractivity contribution in [2.45, 2.75) is 58.8 Å². The maximum Gasteiger partial charge on any atom is 0.0159 e. The Bertz CT molecular complexity index is 129. The Morgan fingerprint density at radius 1 is 1.00 bits per heavy atom. The zero-order chi connectivity index (χ0) is 10.6. The summed E-state index contributed by atoms with van der Waals surface area (Å²) < 4.78 is 0. The van der Waals surface area contributed by atoms with E-state index in [1.54, 1.807) is 0 Å². The molecule has 0 aliphatic carbocycles. The summed E-state index contributed by atoms with van der Waals surface area (Å²) in [6.45, 7) is 10.3. The van der Waals surface area contributed by atoms with Crippen molar-refractivity contribution in [1.82, 2.24) is 5.32 Å². The van der Waals surface area contributed by atoms with Crippen molar-refractivity contribution in [3.05, 3.63) is 12.2 Å². The Morgan fingerprint density at radius 2 is 1.57 bits per heavy atom. The molecule has 1 N–H and O–H groups in total. The third-order valence-corrected chi connectivity index (χ3v) is 2.38. The van der Waals surface area contributed by atoms with Gasteiger partial charge in [-0.2, -0.15) is 0 Å². The molecule has 14 heavy (non-hydrogen) atoms. The van der Waals surface area contributed by atoms with Crippen molar-refractivity contribution >= 4 is 0 Å². The largest absolute Gasteiger partial charge is 0.313 e. The maximum atomic E-state index is 3.86. The second-order valence-electron chi connectivity index (χ2n) is 4.26. The average Bonchev–Trinajstić information content (AvgIpc) is 2.15. The van der Waals surface area contributed by atoms with Crippen molar-refractivity contribution in [2.24, 2.45) is 0 Å². The van der Waals surface area contributed by atoms with Crippen LogP contribution in [0.4, 0.5) is 0 Å². The van der Waals surface area contributed by atoms with Gasteiger partial charge in [0, 0.05) is 6.54 Å². The highest BCUT2D eigenvalue weighted by Crippen LogP contribution is 2.06. The summed E-state index contributed by atoms with van der Waals surface area (Å²) in [6.07, 6.45) is 9.72. The van der Waals surface area contributed by atoms with E-state index in [-0.39, 0.29) is 0 Å². The Balaban J connectivity index is 2.88. The van der Waals surface area contributed by atoms with Gasteiger partial charge in [0.1, 0.15) is 0 Å². The van der Waals surface area contributed by atoms with Gasteiger partial charge in [0.2, 0.25) is 0 Å². The summed E-state index contributed by atoms with van der Waals surface area (Å²) in [5.74, 6) is 0. The topological polar surface area (TPSA) is 12.0 Å². The van der Waals surface area contributed by atoms with Crippen LogP contribution in [-0.4, -0.2) is 13.1 Å². The smallest absolute Gasteiger partial charge is 0.0159 e. The van der Waals surface area contributed by atoms with Crippen molar-refractivity contribution in [2.75, 3.05) is 13.1 Å². The molecule has 1 heteroatoms. The highest BCUT2D eigenvalue weighted by Gasteiger charge is 1.90. The van der Waals surface area contributed by atoms with E-state index in [1.807, 2.05) is 0 Å². The molecule has 0 radical (unpaired) electrons. The van der Waals surface area contributed by atoms with Crippen LogP contribution in [0.5, 0.6) is 0 Å². The van der Waals surface area contributed by atoms with Gasteiger partial charge >= 0.3 is 0 Å². The lowest BCUT2D eigenvalue weighted by Crippen LogP contribution is -2.16. The average molecular weight is 197 g/mol. The van der Waals surface area contributed by atoms with Crippen LogP contribution < -0.4 is 5.32 Å². The molecule has 0 bridgehead atoms. The molecule has 84 valence electrons. The molecule has 1 nitrogen and oxygen atoms in total. The minimum atomic E-state index is 0.982. The summed E-state index contributed by atoms with van der Waals surface area (Å²) in [6, 6.07) is 0. The van der Waals surface area contributed by atoms with Gasteiger partial charge in [0.15, 0.2) is 0 Å². The molecule has 0 atom stereocenters. The molecule has 0 aromatic carbocycles. The first kappa shape index (κ1) is 13.7. The van der Waals surface area contributed by atoms with Gasteiger partial charge in [-0.1, -0.05) is 57.6 Å². The van der Waals surface area contributed by atoms with E-state index < -0.39 is 0 Å². The van der Waals surface area contributed by atoms with Crippen LogP contribution >= 0.6 is 0 Å². The first-order chi connectivity index (χ1) is 6.77. The van der Waals surface area contributed by atoms with Crippen molar-refractivity contribution in [3.63, 3.8) is 0 Å². The highest BCUT2D eigenvalue weighted by molar-refractivity contribution is 4.90. The van der Waals surface area contributed by atoms with E-state index in [4.69, 9.17) is 0 Å². The van der Waals surface area contributed by atoms with Crippen molar-refractivity contribution < 1.29 is 0 Å². The van der Waals surface area contributed by atoms with Gasteiger partial charge in [-0.3, -0.25) is 0 Å². The van der Waals surface area contributed by atoms with Gasteiger partial charge in [0.25, 0.3) is 0 Å². The minimum absolute atomic E-state index is 0.982. The molecule has 0 fully saturated rings. The normalized spacial score (nSPS) is 10.4. The van der Waals surface area contributed by atoms with E-state index in [0.29, 0.717) is 0 Å². The van der Waals surface area contributed by atoms with E-state index in [9.17, 15) is 0 Å². The zero-order valence-electron chi connectivity index (χ0n) is 10.1. The summed E-state index contributed by atoms with van der Waals surface area (Å²) in [5, 5.41) is 3.39. The quantitative estimate of drug-likeness (QED) is 0.414. The van der Waals surface area contributed by atoms with Crippen LogP contribution in [0.1, 0.15) is 58.8 Å². The Kier molecular flexibility index (Phi) is 10.5. The van der Waals surface area contributed by atoms with Crippen LogP contribution in [0.2, 0.25) is 0 Å². The number of hydrogen-bond acceptors (Lipinski definition) is 1. The van der Waals surface area contributed by atoms with Gasteiger partial charge in [0.05, 0.1) is 0 Å². The first-order valence-electron chi connectivity index (χ1n) is 6.12. The number of hydrogen-bond donors (Lipinski definition) is 1. The maximum absolute atomic E-state index is 3.86. The van der Waals surface area contributed by atoms with Gasteiger partial charge in [-0.25, -0.2) is 0 Å². The van der Waals surface area contributed by atoms with E-state index in [1.165, 1.54) is 50.5 Å². The molecule has 0 aliphatic heterocycles. The zero-order valence-corrected chi connectivity index (χ0v) is 10.1. The molecule has 0 amide bonds. The summed E-state index contributed by atoms with van der Waals surface area (Å²) in [4.78, 5) is 0. The predicted molar refractivity (Wildman–Crippen MR) is 65.7 cm³/mol. The summed E-state index contributed by atoms with van der Waals surface area (Å²) in [7, 11) is 0. The van der Waals surface area contributed by atoms with Crippen LogP contribution in [-0.2, 0) is 0 Å². The minimum Gasteiger partial charge on any atom is -0.313 e. The van der Waals surface area contributed by atoms with Crippen molar-refractivity contribution in [1.29, 1.82) is 0 Å². The third kappa shape index (κ3) is 11.7. The lowest BCUT2D eigenvalue weighted by molar-refractivity contribution is 0.571. The second kappa shape index (κ2) is 10.8. The molecule has 0 spiro atoms. The van der Waals surface area contributed by atoms with Gasteiger partial charge < -0.3 is 5.32 Å². The lowest BCUT2D eigenvalue weighted by Gasteiger charge is -2.03. The molecule has 0 aliphatic rings. The Hall–Kier alpha value is -0.300. The second-order valence-corrected chi connectivity index (χ2v) is 4.26. The number of unbranched alkanes of at least 4 members (excludes halogenated alkanes) is 6. The number of nitrogens with one attached hydrogen (secondary N) is 1. The molecule has 0 heterocycles. The fraction of sp³-hybridized carbons (Fsp3) is 0.846. The van der Waals surface area contributed by atoms with Crippen molar-refractivity contribution in [3.8, 4) is 0 Å². The molecule has 0 rings (SSSR count). The number of rotatable bonds is 10. The summed E-state index contributed by atoms with van der Waals surface area (Å²) in [5.41, 5.74) is 1.23. The van der Waals surface area contributed by atoms with Crippen LogP contribution in [0.3, 0.4) is 0 Å². The Morgan fingerprint density at radius 3 is 2.14 bits per heavy atom. The standard InChI is InChI=1S/C13H27N/c1-4-5-6-7-8-9-10-11-14-12-13(2)3/h14H,2,4-12H2,1,3H3. The van der Waals surface area contributed by atoms with Gasteiger partial charge in [-0.05, 0) is 19.9 Å². The monoisotopic (exact) mass is 197 g/mol. The fourth-order valence-electron chi connectivity index (χ4n) is 1.51. The molecular weight excluding hydrogens is 170 g/mol. The van der Waals surface area contributed by atoms with Crippen LogP contribution in [0, 0.1) is 0 Å². The van der Waals surface area contributed by atoms with E-state index in [2.05, 4.69) is 25.7 Å². The molecular formula is C13H27N. The van der Waals surface area contributed by atoms with E-state index in [0.717, 1.165) is 13.1 Å². The van der Waals surface area contributed by atoms with Crippen LogP contribution in [0.25, 0.3) is 0 Å². The van der Waals surface area contributed by atoms with E-state index >= 15 is 0 Å². The first-order valence-corrected chi connectivity index (χ1v) is 6.12. The SMILES string of the molecule is C=C(C)CNCCCCCCCCC. The molecule has 0 saturated carbocycles.